The topological polar surface area (TPSA) is 34.2 Å². The van der Waals surface area contributed by atoms with E-state index in [1.165, 1.54) is 33.1 Å². The second-order valence-electron chi connectivity index (χ2n) is 15.0. The van der Waals surface area contributed by atoms with E-state index >= 15 is 0 Å². The van der Waals surface area contributed by atoms with Gasteiger partial charge in [0.05, 0.1) is 16.9 Å². The molecule has 11 rings (SSSR count). The van der Waals surface area contributed by atoms with Gasteiger partial charge in [-0.2, -0.15) is 4.58 Å². The molecule has 58 heavy (non-hydrogen) atoms. The summed E-state index contributed by atoms with van der Waals surface area (Å²) in [5, 5.41) is 4.74. The lowest BCUT2D eigenvalue weighted by atomic mass is 9.97. The molecule has 0 spiro atoms. The Labute approximate surface area is 336 Å². The van der Waals surface area contributed by atoms with Gasteiger partial charge in [0.25, 0.3) is 0 Å². The van der Waals surface area contributed by atoms with E-state index in [1.54, 1.807) is 0 Å². The first-order valence-electron chi connectivity index (χ1n) is 20.1. The number of furan rings is 2. The molecule has 276 valence electrons. The molecule has 0 amide bonds. The number of aryl methyl sites for hydroxylation is 1. The van der Waals surface area contributed by atoms with Gasteiger partial charge in [0, 0.05) is 75.5 Å². The lowest BCUT2D eigenvalue weighted by molar-refractivity contribution is 0.594. The van der Waals surface area contributed by atoms with Crippen molar-refractivity contribution in [3.8, 4) is 16.8 Å². The van der Waals surface area contributed by atoms with Crippen LogP contribution in [0.3, 0.4) is 0 Å². The van der Waals surface area contributed by atoms with Gasteiger partial charge in [-0.15, -0.1) is 5.73 Å². The molecule has 2 aliphatic carbocycles. The van der Waals surface area contributed by atoms with Gasteiger partial charge >= 0.3 is 0 Å². The van der Waals surface area contributed by atoms with E-state index in [4.69, 9.17) is 8.83 Å². The minimum atomic E-state index is 0.873. The number of rotatable bonds is 7. The second kappa shape index (κ2) is 14.0. The number of para-hydroxylation sites is 3. The monoisotopic (exact) mass is 747 g/mol. The molecule has 0 radical (unpaired) electrons. The Morgan fingerprint density at radius 1 is 0.707 bits per heavy atom. The summed E-state index contributed by atoms with van der Waals surface area (Å²) in [5.41, 5.74) is 18.9. The average molecular weight is 748 g/mol. The molecule has 0 atom stereocenters. The van der Waals surface area contributed by atoms with Crippen LogP contribution in [-0.2, 0) is 12.8 Å². The molecule has 0 saturated carbocycles. The number of nitrogens with zero attached hydrogens (tertiary/aromatic N) is 2. The predicted octanol–water partition coefficient (Wildman–Crippen LogP) is 14.2. The van der Waals surface area contributed by atoms with Crippen molar-refractivity contribution in [1.82, 2.24) is 9.14 Å². The summed E-state index contributed by atoms with van der Waals surface area (Å²) in [7, 11) is 0. The number of fused-ring (bicyclic) bond motifs is 9. The van der Waals surface area contributed by atoms with Crippen LogP contribution in [0.15, 0.2) is 178 Å². The summed E-state index contributed by atoms with van der Waals surface area (Å²) in [5.74, 6) is 0.982. The van der Waals surface area contributed by atoms with Gasteiger partial charge < -0.3 is 13.4 Å². The molecule has 0 N–H and O–H groups in total. The standard InChI is InChI=1S/C54H39N2O2/c1-2-36(42-21-12-22-47-45-19-5-10-26-52(45)58-54(42)47)14-13-33-55(39-30-27-37(28-31-39)38-29-32-53-48(34-38)46-20-6-9-25-51(46)57-53)40-15-11-16-41(35-40)56-49-23-7-3-17-43(49)44-18-4-8-24-50(44)56/h2-4,6-7,9-17,20-35H,5,18-19H2,1H3/q+1/b14-13-,36-2+,55-33?. The van der Waals surface area contributed by atoms with E-state index < -0.39 is 0 Å². The van der Waals surface area contributed by atoms with E-state index in [1.807, 2.05) is 12.1 Å². The van der Waals surface area contributed by atoms with E-state index in [-0.39, 0.29) is 0 Å². The van der Waals surface area contributed by atoms with Gasteiger partial charge in [-0.3, -0.25) is 0 Å². The van der Waals surface area contributed by atoms with Crippen molar-refractivity contribution >= 4 is 79.1 Å². The maximum Gasteiger partial charge on any atom is 0.213 e. The van der Waals surface area contributed by atoms with Gasteiger partial charge in [0.2, 0.25) is 11.4 Å². The zero-order chi connectivity index (χ0) is 38.6. The molecule has 2 aliphatic rings. The fourth-order valence-corrected chi connectivity index (χ4v) is 8.89. The van der Waals surface area contributed by atoms with Gasteiger partial charge in [-0.05, 0) is 103 Å². The first-order valence-corrected chi connectivity index (χ1v) is 20.1. The highest BCUT2D eigenvalue weighted by Gasteiger charge is 2.21. The van der Waals surface area contributed by atoms with Crippen LogP contribution in [0, 0.1) is 0 Å². The van der Waals surface area contributed by atoms with Crippen LogP contribution >= 0.6 is 0 Å². The summed E-state index contributed by atoms with van der Waals surface area (Å²) in [6, 6.07) is 47.6. The van der Waals surface area contributed by atoms with E-state index in [0.29, 0.717) is 0 Å². The average Bonchev–Trinajstić information content (AvgIpc) is 3.96. The zero-order valence-electron chi connectivity index (χ0n) is 32.2. The molecule has 0 bridgehead atoms. The Kier molecular flexibility index (Phi) is 8.17. The fraction of sp³-hybridized carbons (Fsp3) is 0.0741. The lowest BCUT2D eigenvalue weighted by Crippen LogP contribution is -2.06. The summed E-state index contributed by atoms with van der Waals surface area (Å²) in [4.78, 5) is 0. The Morgan fingerprint density at radius 3 is 2.43 bits per heavy atom. The number of hydrogen-bond donors (Lipinski definition) is 0. The quantitative estimate of drug-likeness (QED) is 0.0704. The van der Waals surface area contributed by atoms with Crippen molar-refractivity contribution in [3.05, 3.63) is 198 Å². The number of aromatic nitrogens is 1. The zero-order valence-corrected chi connectivity index (χ0v) is 32.2. The van der Waals surface area contributed by atoms with E-state index in [0.717, 1.165) is 91.9 Å². The molecule has 3 heterocycles. The minimum Gasteiger partial charge on any atom is -0.456 e. The maximum absolute atomic E-state index is 6.48. The molecule has 0 aliphatic heterocycles. The highest BCUT2D eigenvalue weighted by Crippen LogP contribution is 2.38. The molecular weight excluding hydrogens is 709 g/mol. The molecule has 9 aromatic rings. The summed E-state index contributed by atoms with van der Waals surface area (Å²) < 4.78 is 17.2. The van der Waals surface area contributed by atoms with Crippen LogP contribution in [-0.4, -0.2) is 10.8 Å². The third-order valence-electron chi connectivity index (χ3n) is 11.7. The molecule has 0 fully saturated rings. The summed E-state index contributed by atoms with van der Waals surface area (Å²) in [6.45, 7) is 2.09. The van der Waals surface area contributed by atoms with Crippen LogP contribution in [0.25, 0.3) is 78.4 Å². The van der Waals surface area contributed by atoms with Crippen molar-refractivity contribution in [2.45, 2.75) is 26.2 Å². The van der Waals surface area contributed by atoms with Crippen LogP contribution in [0.2, 0.25) is 0 Å². The Morgan fingerprint density at radius 2 is 1.52 bits per heavy atom. The molecule has 0 unspecified atom stereocenters. The number of allylic oxidation sites excluding steroid dienone is 6. The largest absolute Gasteiger partial charge is 0.456 e. The SMILES string of the molecule is C/C=C(\C=C/C=[N+](c1ccc(-c2ccc3oc4ccccc4c3c2)cc1)c1cccc(-n2c3c(c4ccccc42)CC=C=C3)c1)c1cccc2c3c(oc12)C=CCC3. The molecule has 6 aromatic carbocycles. The maximum atomic E-state index is 6.48. The minimum absolute atomic E-state index is 0.873. The van der Waals surface area contributed by atoms with Crippen molar-refractivity contribution in [1.29, 1.82) is 0 Å². The highest BCUT2D eigenvalue weighted by molar-refractivity contribution is 6.06. The third-order valence-corrected chi connectivity index (χ3v) is 11.7. The molecule has 4 nitrogen and oxygen atoms in total. The normalized spacial score (nSPS) is 14.1. The van der Waals surface area contributed by atoms with Crippen LogP contribution in [0.4, 0.5) is 11.4 Å². The molecular formula is C54H39N2O2+. The summed E-state index contributed by atoms with van der Waals surface area (Å²) in [6.07, 6.45) is 20.2. The second-order valence-corrected chi connectivity index (χ2v) is 15.0. The highest BCUT2D eigenvalue weighted by atomic mass is 16.3. The molecule has 4 heteroatoms. The molecule has 3 aromatic heterocycles. The van der Waals surface area contributed by atoms with Crippen LogP contribution in [0.5, 0.6) is 0 Å². The van der Waals surface area contributed by atoms with Crippen molar-refractivity contribution in [3.63, 3.8) is 0 Å². The third kappa shape index (κ3) is 5.65. The Hall–Kier alpha value is -7.39. The van der Waals surface area contributed by atoms with Crippen LogP contribution < -0.4 is 4.58 Å². The fourth-order valence-electron chi connectivity index (χ4n) is 8.89. The number of benzene rings is 6. The Bertz CT molecular complexity index is 3290. The Balaban J connectivity index is 1.01. The van der Waals surface area contributed by atoms with Crippen LogP contribution in [0.1, 0.15) is 41.5 Å². The van der Waals surface area contributed by atoms with Crippen molar-refractivity contribution in [2.75, 3.05) is 0 Å². The van der Waals surface area contributed by atoms with E-state index in [9.17, 15) is 0 Å². The number of hydrogen-bond acceptors (Lipinski definition) is 2. The van der Waals surface area contributed by atoms with Gasteiger partial charge in [0.15, 0.2) is 6.21 Å². The first-order chi connectivity index (χ1) is 28.7. The van der Waals surface area contributed by atoms with Gasteiger partial charge in [-0.25, -0.2) is 0 Å². The predicted molar refractivity (Wildman–Crippen MR) is 243 cm³/mol. The van der Waals surface area contributed by atoms with Crippen molar-refractivity contribution < 1.29 is 8.83 Å². The van der Waals surface area contributed by atoms with Crippen molar-refractivity contribution in [2.24, 2.45) is 0 Å². The van der Waals surface area contributed by atoms with Gasteiger partial charge in [-0.1, -0.05) is 78.9 Å². The van der Waals surface area contributed by atoms with E-state index in [2.05, 4.69) is 192 Å². The smallest absolute Gasteiger partial charge is 0.213 e. The lowest BCUT2D eigenvalue weighted by Gasteiger charge is -2.11. The molecule has 0 saturated heterocycles. The van der Waals surface area contributed by atoms with Gasteiger partial charge in [0.1, 0.15) is 22.5 Å². The summed E-state index contributed by atoms with van der Waals surface area (Å²) >= 11 is 0. The first kappa shape index (κ1) is 33.9.